The molecule has 28 unspecified atom stereocenters. The maximum Gasteiger partial charge on any atom is 0.309 e. The van der Waals surface area contributed by atoms with Crippen molar-refractivity contribution in [3.05, 3.63) is 48.6 Å². The summed E-state index contributed by atoms with van der Waals surface area (Å²) in [6, 6.07) is 0. The molecule has 12 saturated carbocycles. The molecule has 0 heterocycles. The predicted octanol–water partition coefficient (Wildman–Crippen LogP) is 8.13. The number of hydrogen-bond acceptors (Lipinski definition) is 8. The van der Waals surface area contributed by atoms with Crippen LogP contribution in [0.2, 0.25) is 0 Å². The third kappa shape index (κ3) is 4.88. The minimum atomic E-state index is -1.20. The highest BCUT2D eigenvalue weighted by molar-refractivity contribution is 5.76. The van der Waals surface area contributed by atoms with Gasteiger partial charge in [-0.2, -0.15) is 0 Å². The van der Waals surface area contributed by atoms with Gasteiger partial charge in [0.05, 0.1) is 23.7 Å². The van der Waals surface area contributed by atoms with Crippen LogP contribution < -0.4 is 0 Å². The van der Waals surface area contributed by atoms with Crippen molar-refractivity contribution in [2.75, 3.05) is 26.4 Å². The van der Waals surface area contributed by atoms with E-state index in [0.29, 0.717) is 136 Å². The summed E-state index contributed by atoms with van der Waals surface area (Å²) in [6.07, 6.45) is 30.9. The van der Waals surface area contributed by atoms with Crippen LogP contribution in [-0.2, 0) is 38.1 Å². The molecule has 0 aliphatic heterocycles. The fourth-order valence-electron chi connectivity index (χ4n) is 22.3. The average Bonchev–Trinajstić information content (AvgIpc) is 4.15. The average molecular weight is 867 g/mol. The Morgan fingerprint density at radius 2 is 0.609 bits per heavy atom. The Morgan fingerprint density at radius 3 is 0.938 bits per heavy atom. The lowest BCUT2D eigenvalue weighted by Gasteiger charge is -2.58. The van der Waals surface area contributed by atoms with Gasteiger partial charge in [0.25, 0.3) is 0 Å². The van der Waals surface area contributed by atoms with E-state index in [-0.39, 0.29) is 74.0 Å². The number of ether oxygens (including phenoxy) is 4. The second-order valence-electron chi connectivity index (χ2n) is 25.9. The first-order valence-electron chi connectivity index (χ1n) is 26.7. The summed E-state index contributed by atoms with van der Waals surface area (Å²) >= 11 is 0. The lowest BCUT2D eigenvalue weighted by molar-refractivity contribution is -0.180. The number of allylic oxidation sites excluding steroid dienone is 8. The Kier molecular flexibility index (Phi) is 7.74. The number of carbonyl (C=O) groups excluding carboxylic acids is 4. The van der Waals surface area contributed by atoms with Gasteiger partial charge in [-0.1, -0.05) is 48.6 Å². The van der Waals surface area contributed by atoms with Crippen molar-refractivity contribution in [1.82, 2.24) is 0 Å². The Balaban J connectivity index is 0.674. The van der Waals surface area contributed by atoms with E-state index < -0.39 is 5.41 Å². The molecule has 16 aliphatic rings. The molecule has 8 heteroatoms. The van der Waals surface area contributed by atoms with Gasteiger partial charge < -0.3 is 18.9 Å². The zero-order valence-corrected chi connectivity index (χ0v) is 37.2. The Morgan fingerprint density at radius 1 is 0.328 bits per heavy atom. The molecule has 16 rings (SSSR count). The van der Waals surface area contributed by atoms with Crippen LogP contribution in [0.15, 0.2) is 48.6 Å². The summed E-state index contributed by atoms with van der Waals surface area (Å²) in [4.78, 5) is 57.8. The molecule has 0 spiro atoms. The van der Waals surface area contributed by atoms with Gasteiger partial charge in [0.15, 0.2) is 0 Å². The summed E-state index contributed by atoms with van der Waals surface area (Å²) in [7, 11) is 0. The fraction of sp³-hybridized carbons (Fsp3) is 0.786. The van der Waals surface area contributed by atoms with Gasteiger partial charge in [0.2, 0.25) is 0 Å². The summed E-state index contributed by atoms with van der Waals surface area (Å²) in [5.74, 6) is 12.6. The molecule has 14 bridgehead atoms. The van der Waals surface area contributed by atoms with Crippen molar-refractivity contribution >= 4 is 23.9 Å². The lowest BCUT2D eigenvalue weighted by atomic mass is 9.46. The van der Waals surface area contributed by atoms with Crippen LogP contribution in [0.4, 0.5) is 0 Å². The van der Waals surface area contributed by atoms with Crippen LogP contribution in [0, 0.1) is 171 Å². The van der Waals surface area contributed by atoms with Crippen molar-refractivity contribution < 1.29 is 38.1 Å². The number of carbonyl (C=O) groups is 4. The van der Waals surface area contributed by atoms with E-state index in [4.69, 9.17) is 18.9 Å². The van der Waals surface area contributed by atoms with Crippen LogP contribution in [0.3, 0.4) is 0 Å². The first-order chi connectivity index (χ1) is 31.3. The Hall–Kier alpha value is -3.16. The molecule has 8 nitrogen and oxygen atoms in total. The lowest BCUT2D eigenvalue weighted by Crippen LogP contribution is -2.54. The first-order valence-corrected chi connectivity index (χ1v) is 26.7. The zero-order valence-electron chi connectivity index (χ0n) is 37.2. The van der Waals surface area contributed by atoms with Gasteiger partial charge in [0.1, 0.15) is 31.8 Å². The predicted molar refractivity (Wildman–Crippen MR) is 231 cm³/mol. The molecule has 64 heavy (non-hydrogen) atoms. The smallest absolute Gasteiger partial charge is 0.309 e. The Labute approximate surface area is 377 Å². The highest BCUT2D eigenvalue weighted by Gasteiger charge is 2.68. The van der Waals surface area contributed by atoms with Crippen molar-refractivity contribution in [3.8, 4) is 0 Å². The third-order valence-electron chi connectivity index (χ3n) is 24.1. The van der Waals surface area contributed by atoms with Crippen LogP contribution in [0.1, 0.15) is 70.6 Å². The van der Waals surface area contributed by atoms with Gasteiger partial charge in [0, 0.05) is 0 Å². The standard InChI is InChI=1S/C56H66O8/c57-52(40-16-30-12-36(40)47-27-4-1-24(9-27)44(30)47)61-20-56(23-64-55(60)43-19-33-15-39(43)51-35-8-7-34(35)50(33)51,21-62-53(58)41-17-31-13-37(41)48-28-5-2-25(10-28)45(31)48)22-63-54(59)42-18-32-14-38(42)49-29-6-3-26(11-29)46(32)49/h1-8,24-51H,9-23H2. The number of fused-ring (bicyclic) bond motifs is 35. The first kappa shape index (κ1) is 37.9. The van der Waals surface area contributed by atoms with Crippen molar-refractivity contribution in [1.29, 1.82) is 0 Å². The summed E-state index contributed by atoms with van der Waals surface area (Å²) in [5, 5.41) is 0. The van der Waals surface area contributed by atoms with Gasteiger partial charge in [-0.3, -0.25) is 19.2 Å². The molecule has 338 valence electrons. The molecular formula is C56H66O8. The van der Waals surface area contributed by atoms with E-state index in [9.17, 15) is 19.2 Å². The molecule has 0 amide bonds. The monoisotopic (exact) mass is 866 g/mol. The summed E-state index contributed by atoms with van der Waals surface area (Å²) in [5.41, 5.74) is -1.20. The molecule has 0 saturated heterocycles. The maximum absolute atomic E-state index is 14.5. The van der Waals surface area contributed by atoms with E-state index in [1.165, 1.54) is 19.3 Å². The highest BCUT2D eigenvalue weighted by atomic mass is 16.6. The third-order valence-corrected chi connectivity index (χ3v) is 24.1. The van der Waals surface area contributed by atoms with Crippen LogP contribution in [0.25, 0.3) is 0 Å². The normalized spacial score (nSPS) is 57.4. The largest absolute Gasteiger partial charge is 0.464 e. The van der Waals surface area contributed by atoms with Crippen molar-refractivity contribution in [3.63, 3.8) is 0 Å². The topological polar surface area (TPSA) is 105 Å². The number of esters is 4. The summed E-state index contributed by atoms with van der Waals surface area (Å²) < 4.78 is 26.0. The van der Waals surface area contributed by atoms with E-state index in [1.807, 2.05) is 0 Å². The van der Waals surface area contributed by atoms with Gasteiger partial charge in [-0.25, -0.2) is 0 Å². The van der Waals surface area contributed by atoms with Crippen LogP contribution in [-0.4, -0.2) is 50.3 Å². The zero-order chi connectivity index (χ0) is 42.1. The second-order valence-corrected chi connectivity index (χ2v) is 25.9. The molecule has 0 radical (unpaired) electrons. The highest BCUT2D eigenvalue weighted by Crippen LogP contribution is 2.72. The van der Waals surface area contributed by atoms with Crippen LogP contribution in [0.5, 0.6) is 0 Å². The molecule has 16 aliphatic carbocycles. The van der Waals surface area contributed by atoms with Crippen LogP contribution >= 0.6 is 0 Å². The van der Waals surface area contributed by atoms with E-state index in [1.54, 1.807) is 0 Å². The molecule has 0 aromatic heterocycles. The Bertz CT molecular complexity index is 2040. The van der Waals surface area contributed by atoms with Crippen molar-refractivity contribution in [2.45, 2.75) is 70.6 Å². The molecule has 0 N–H and O–H groups in total. The molecule has 0 aromatic rings. The van der Waals surface area contributed by atoms with Gasteiger partial charge in [-0.05, 0) is 213 Å². The van der Waals surface area contributed by atoms with E-state index in [2.05, 4.69) is 48.6 Å². The minimum absolute atomic E-state index is 0.102. The SMILES string of the molecule is O=C(OCC(COC(=O)C1CC2CC1C1C3C=CC(C3)C21)(COC(=O)C1CC2CC1C1C3C=CC(C3)C21)COC(=O)C1CC2CC1C1C3C=CC3C21)C1CC2CC1C1C3C=CC(C3)C21. The fourth-order valence-corrected chi connectivity index (χ4v) is 22.3. The van der Waals surface area contributed by atoms with Crippen molar-refractivity contribution in [2.24, 2.45) is 171 Å². The van der Waals surface area contributed by atoms with Gasteiger partial charge in [-0.15, -0.1) is 0 Å². The molecule has 0 aromatic carbocycles. The van der Waals surface area contributed by atoms with E-state index in [0.717, 1.165) is 57.3 Å². The molecule has 12 fully saturated rings. The van der Waals surface area contributed by atoms with Gasteiger partial charge >= 0.3 is 23.9 Å². The molecule has 28 atom stereocenters. The maximum atomic E-state index is 14.5. The van der Waals surface area contributed by atoms with E-state index >= 15 is 0 Å². The number of rotatable bonds is 12. The minimum Gasteiger partial charge on any atom is -0.464 e. The summed E-state index contributed by atoms with van der Waals surface area (Å²) in [6.45, 7) is -0.407. The molecular weight excluding hydrogens is 801 g/mol. The quantitative estimate of drug-likeness (QED) is 0.0839. The second kappa shape index (κ2) is 13.1. The number of hydrogen-bond donors (Lipinski definition) is 0.